The molecule has 0 aromatic heterocycles. The first-order chi connectivity index (χ1) is 9.24. The molecule has 0 spiro atoms. The molecule has 100 valence electrons. The Kier molecular flexibility index (Phi) is 4.53. The van der Waals surface area contributed by atoms with E-state index in [4.69, 9.17) is 10.4 Å². The van der Waals surface area contributed by atoms with Crippen molar-refractivity contribution in [2.24, 2.45) is 5.92 Å². The van der Waals surface area contributed by atoms with Gasteiger partial charge in [-0.05, 0) is 36.5 Å². The lowest BCUT2D eigenvalue weighted by Gasteiger charge is -2.31. The second-order valence-corrected chi connectivity index (χ2v) is 4.95. The Morgan fingerprint density at radius 1 is 1.32 bits per heavy atom. The van der Waals surface area contributed by atoms with Crippen LogP contribution in [0.25, 0.3) is 0 Å². The van der Waals surface area contributed by atoms with Crippen molar-refractivity contribution in [2.45, 2.75) is 19.3 Å². The van der Waals surface area contributed by atoms with Crippen LogP contribution in [0.3, 0.4) is 0 Å². The van der Waals surface area contributed by atoms with Gasteiger partial charge in [-0.15, -0.1) is 0 Å². The van der Waals surface area contributed by atoms with Gasteiger partial charge >= 0.3 is 0 Å². The predicted molar refractivity (Wildman–Crippen MR) is 71.5 cm³/mol. The maximum atomic E-state index is 12.3. The number of carbonyl (C=O) groups excluding carboxylic acids is 1. The Hall–Kier alpha value is -1.86. The normalized spacial score (nSPS) is 16.1. The molecule has 4 nitrogen and oxygen atoms in total. The summed E-state index contributed by atoms with van der Waals surface area (Å²) in [6.45, 7) is 1.64. The molecule has 0 unspecified atom stereocenters. The van der Waals surface area contributed by atoms with Crippen LogP contribution in [0.4, 0.5) is 0 Å². The maximum absolute atomic E-state index is 12.3. The van der Waals surface area contributed by atoms with Crippen LogP contribution >= 0.6 is 0 Å². The highest BCUT2D eigenvalue weighted by molar-refractivity contribution is 5.94. The molecule has 1 fully saturated rings. The SMILES string of the molecule is N#CCc1ccc(C(=O)N2CCC(CO)CC2)cc1. The fourth-order valence-electron chi connectivity index (χ4n) is 2.36. The number of nitriles is 1. The van der Waals surface area contributed by atoms with Crippen LogP contribution in [0.15, 0.2) is 24.3 Å². The zero-order chi connectivity index (χ0) is 13.7. The molecular weight excluding hydrogens is 240 g/mol. The molecule has 1 aliphatic rings. The maximum Gasteiger partial charge on any atom is 0.253 e. The van der Waals surface area contributed by atoms with Crippen molar-refractivity contribution in [3.63, 3.8) is 0 Å². The zero-order valence-electron chi connectivity index (χ0n) is 10.9. The summed E-state index contributed by atoms with van der Waals surface area (Å²) in [6, 6.07) is 9.32. The van der Waals surface area contributed by atoms with Crippen LogP contribution < -0.4 is 0 Å². The molecule has 1 amide bonds. The highest BCUT2D eigenvalue weighted by Crippen LogP contribution is 2.18. The second-order valence-electron chi connectivity index (χ2n) is 4.95. The number of piperidine rings is 1. The number of nitrogens with zero attached hydrogens (tertiary/aromatic N) is 2. The van der Waals surface area contributed by atoms with Crippen molar-refractivity contribution in [3.05, 3.63) is 35.4 Å². The summed E-state index contributed by atoms with van der Waals surface area (Å²) >= 11 is 0. The lowest BCUT2D eigenvalue weighted by molar-refractivity contribution is 0.0651. The van der Waals surface area contributed by atoms with E-state index in [0.29, 0.717) is 31.0 Å². The van der Waals surface area contributed by atoms with Crippen LogP contribution in [0, 0.1) is 17.2 Å². The third-order valence-electron chi connectivity index (χ3n) is 3.64. The molecule has 1 heterocycles. The Morgan fingerprint density at radius 2 is 1.95 bits per heavy atom. The molecule has 0 saturated carbocycles. The number of aliphatic hydroxyl groups excluding tert-OH is 1. The molecular formula is C15H18N2O2. The minimum atomic E-state index is 0.0416. The van der Waals surface area contributed by atoms with E-state index in [9.17, 15) is 4.79 Å². The molecule has 1 aromatic carbocycles. The van der Waals surface area contributed by atoms with Gasteiger partial charge < -0.3 is 10.0 Å². The molecule has 0 atom stereocenters. The fraction of sp³-hybridized carbons (Fsp3) is 0.467. The molecule has 2 rings (SSSR count). The highest BCUT2D eigenvalue weighted by Gasteiger charge is 2.22. The molecule has 0 radical (unpaired) electrons. The van der Waals surface area contributed by atoms with Crippen LogP contribution in [-0.2, 0) is 6.42 Å². The summed E-state index contributed by atoms with van der Waals surface area (Å²) in [5.74, 6) is 0.377. The number of likely N-dealkylation sites (tertiary alicyclic amines) is 1. The number of amides is 1. The van der Waals surface area contributed by atoms with Gasteiger partial charge in [0.25, 0.3) is 5.91 Å². The van der Waals surface area contributed by atoms with Crippen molar-refractivity contribution < 1.29 is 9.90 Å². The first-order valence-electron chi connectivity index (χ1n) is 6.60. The van der Waals surface area contributed by atoms with Crippen LogP contribution in [0.5, 0.6) is 0 Å². The van der Waals surface area contributed by atoms with Crippen LogP contribution in [0.2, 0.25) is 0 Å². The molecule has 0 bridgehead atoms. The van der Waals surface area contributed by atoms with E-state index in [2.05, 4.69) is 6.07 Å². The smallest absolute Gasteiger partial charge is 0.253 e. The van der Waals surface area contributed by atoms with Gasteiger partial charge in [-0.1, -0.05) is 12.1 Å². The Morgan fingerprint density at radius 3 is 2.47 bits per heavy atom. The van der Waals surface area contributed by atoms with Crippen molar-refractivity contribution in [2.75, 3.05) is 19.7 Å². The van der Waals surface area contributed by atoms with Crippen molar-refractivity contribution in [3.8, 4) is 6.07 Å². The third kappa shape index (κ3) is 3.33. The summed E-state index contributed by atoms with van der Waals surface area (Å²) in [4.78, 5) is 14.1. The quantitative estimate of drug-likeness (QED) is 0.895. The molecule has 1 aliphatic heterocycles. The van der Waals surface area contributed by atoms with Gasteiger partial charge in [0.05, 0.1) is 12.5 Å². The van der Waals surface area contributed by atoms with E-state index in [-0.39, 0.29) is 12.5 Å². The number of benzene rings is 1. The van der Waals surface area contributed by atoms with Gasteiger partial charge in [0.15, 0.2) is 0 Å². The summed E-state index contributed by atoms with van der Waals surface area (Å²) in [5.41, 5.74) is 1.60. The average Bonchev–Trinajstić information content (AvgIpc) is 2.48. The number of rotatable bonds is 3. The van der Waals surface area contributed by atoms with Crippen LogP contribution in [0.1, 0.15) is 28.8 Å². The van der Waals surface area contributed by atoms with E-state index < -0.39 is 0 Å². The molecule has 4 heteroatoms. The first kappa shape index (κ1) is 13.6. The van der Waals surface area contributed by atoms with Gasteiger partial charge in [0.1, 0.15) is 0 Å². The fourth-order valence-corrected chi connectivity index (χ4v) is 2.36. The average molecular weight is 258 g/mol. The molecule has 1 N–H and O–H groups in total. The number of hydrogen-bond acceptors (Lipinski definition) is 3. The molecule has 1 saturated heterocycles. The number of carbonyl (C=O) groups is 1. The molecule has 19 heavy (non-hydrogen) atoms. The summed E-state index contributed by atoms with van der Waals surface area (Å²) in [6.07, 6.45) is 2.11. The second kappa shape index (κ2) is 6.35. The van der Waals surface area contributed by atoms with Gasteiger partial charge in [0.2, 0.25) is 0 Å². The summed E-state index contributed by atoms with van der Waals surface area (Å²) in [5, 5.41) is 17.7. The first-order valence-corrected chi connectivity index (χ1v) is 6.60. The van der Waals surface area contributed by atoms with E-state index in [0.717, 1.165) is 18.4 Å². The predicted octanol–water partition coefficient (Wildman–Crippen LogP) is 1.60. The van der Waals surface area contributed by atoms with Gasteiger partial charge in [-0.2, -0.15) is 5.26 Å². The number of hydrogen-bond donors (Lipinski definition) is 1. The van der Waals surface area contributed by atoms with E-state index in [1.807, 2.05) is 17.0 Å². The van der Waals surface area contributed by atoms with Gasteiger partial charge in [-0.3, -0.25) is 4.79 Å². The Balaban J connectivity index is 1.98. The van der Waals surface area contributed by atoms with Crippen molar-refractivity contribution in [1.29, 1.82) is 5.26 Å². The van der Waals surface area contributed by atoms with Gasteiger partial charge in [-0.25, -0.2) is 0 Å². The monoisotopic (exact) mass is 258 g/mol. The molecule has 1 aromatic rings. The Bertz CT molecular complexity index is 468. The van der Waals surface area contributed by atoms with Gasteiger partial charge in [0, 0.05) is 25.3 Å². The minimum Gasteiger partial charge on any atom is -0.396 e. The standard InChI is InChI=1S/C15H18N2O2/c16-8-5-12-1-3-14(4-2-12)15(19)17-9-6-13(11-18)7-10-17/h1-4,13,18H,5-7,9-11H2. The topological polar surface area (TPSA) is 64.3 Å². The Labute approximate surface area is 113 Å². The third-order valence-corrected chi connectivity index (χ3v) is 3.64. The van der Waals surface area contributed by atoms with Crippen molar-refractivity contribution >= 4 is 5.91 Å². The molecule has 0 aliphatic carbocycles. The van der Waals surface area contributed by atoms with E-state index in [1.54, 1.807) is 12.1 Å². The largest absolute Gasteiger partial charge is 0.396 e. The highest BCUT2D eigenvalue weighted by atomic mass is 16.3. The summed E-state index contributed by atoms with van der Waals surface area (Å²) < 4.78 is 0. The van der Waals surface area contributed by atoms with E-state index in [1.165, 1.54) is 0 Å². The van der Waals surface area contributed by atoms with Crippen molar-refractivity contribution in [1.82, 2.24) is 4.90 Å². The van der Waals surface area contributed by atoms with Crippen LogP contribution in [-0.4, -0.2) is 35.6 Å². The number of aliphatic hydroxyl groups is 1. The minimum absolute atomic E-state index is 0.0416. The van der Waals surface area contributed by atoms with E-state index >= 15 is 0 Å². The lowest BCUT2D eigenvalue weighted by atomic mass is 9.97. The lowest BCUT2D eigenvalue weighted by Crippen LogP contribution is -2.39. The summed E-state index contributed by atoms with van der Waals surface area (Å²) in [7, 11) is 0. The zero-order valence-corrected chi connectivity index (χ0v) is 10.9.